The highest BCUT2D eigenvalue weighted by atomic mass is 32.2. The highest BCUT2D eigenvalue weighted by Gasteiger charge is 2.25. The SMILES string of the molecule is CC(C)S(=O)(=O)c1ccc(-c2cnc3[nH]cc(C(=O)N[C@@H](C)c4ccccc4F)c3n2)cc1.CC(C)S(=O)(=O)c1ccc(-c2cnc3[nH]cc(C(=O)Nc4ccc(F)cc4)c3n2)cc1.Cc1ccc(NC(=O)c2c[nH]c3ncc(-c4ccc(S(=O)(=O)C(C)C)cc4)nc23)cc1.[HH]. The van der Waals surface area contributed by atoms with Crippen LogP contribution in [0.1, 0.15) is 98.1 Å². The molecule has 0 bridgehead atoms. The lowest BCUT2D eigenvalue weighted by atomic mass is 10.1. The molecule has 0 unspecified atom stereocenters. The van der Waals surface area contributed by atoms with Gasteiger partial charge in [0.25, 0.3) is 17.7 Å². The van der Waals surface area contributed by atoms with Crippen molar-refractivity contribution in [2.45, 2.75) is 91.9 Å². The molecule has 0 aliphatic carbocycles. The number of rotatable bonds is 16. The number of aromatic amines is 3. The third kappa shape index (κ3) is 14.9. The molecule has 0 fully saturated rings. The number of hydrogen-bond acceptors (Lipinski definition) is 15. The van der Waals surface area contributed by atoms with Gasteiger partial charge in [-0.05, 0) is 134 Å². The van der Waals surface area contributed by atoms with Crippen molar-refractivity contribution in [2.24, 2.45) is 0 Å². The number of amides is 3. The van der Waals surface area contributed by atoms with Gasteiger partial charge in [-0.1, -0.05) is 72.3 Å². The minimum absolute atomic E-state index is 0. The molecule has 0 spiro atoms. The Morgan fingerprint density at radius 3 is 1.09 bits per heavy atom. The Hall–Kier alpha value is -10.7. The summed E-state index contributed by atoms with van der Waals surface area (Å²) in [6.07, 6.45) is 9.28. The van der Waals surface area contributed by atoms with E-state index in [2.05, 4.69) is 60.8 Å². The third-order valence-electron chi connectivity index (χ3n) is 15.3. The smallest absolute Gasteiger partial charge is 0.259 e. The highest BCUT2D eigenvalue weighted by Crippen LogP contribution is 2.29. The van der Waals surface area contributed by atoms with Crippen LogP contribution in [0.4, 0.5) is 20.2 Å². The van der Waals surface area contributed by atoms with Crippen LogP contribution in [-0.2, 0) is 29.5 Å². The second kappa shape index (κ2) is 27.9. The Balaban J connectivity index is 0.000000168. The van der Waals surface area contributed by atoms with Gasteiger partial charge in [0.2, 0.25) is 0 Å². The number of carbonyl (C=O) groups excluding carboxylic acids is 3. The first-order chi connectivity index (χ1) is 45.2. The Morgan fingerprint density at radius 1 is 0.432 bits per heavy atom. The summed E-state index contributed by atoms with van der Waals surface area (Å²) in [7, 11) is -10.1. The summed E-state index contributed by atoms with van der Waals surface area (Å²) in [6.45, 7) is 13.5. The van der Waals surface area contributed by atoms with Gasteiger partial charge in [-0.3, -0.25) is 14.4 Å². The molecule has 0 saturated heterocycles. The van der Waals surface area contributed by atoms with Crippen molar-refractivity contribution in [2.75, 3.05) is 10.6 Å². The van der Waals surface area contributed by atoms with Crippen molar-refractivity contribution in [3.8, 4) is 33.8 Å². The van der Waals surface area contributed by atoms with E-state index in [9.17, 15) is 48.4 Å². The highest BCUT2D eigenvalue weighted by molar-refractivity contribution is 7.92. The lowest BCUT2D eigenvalue weighted by Gasteiger charge is -2.14. The summed E-state index contributed by atoms with van der Waals surface area (Å²) in [6, 6.07) is 38.0. The van der Waals surface area contributed by atoms with Crippen molar-refractivity contribution in [1.82, 2.24) is 50.2 Å². The van der Waals surface area contributed by atoms with E-state index in [1.807, 2.05) is 31.2 Å². The number of aromatic nitrogens is 9. The standard InChI is InChI=1S/C24H23FN4O3S.C23H22N4O3S.C22H19FN4O3S.H2/c1-14(2)33(31,32)17-10-8-16(9-11-17)21-13-27-23-22(29-21)19(12-26-23)24(30)28-15(3)18-6-4-5-7-20(18)25;1-14(2)31(29,30)18-10-6-16(7-11-18)20-13-25-22-21(27-20)19(12-24-22)23(28)26-17-8-4-15(3)5-9-17;1-13(2)31(29,30)17-9-3-14(4-10-17)19-12-25-21-20(27-19)18(11-24-21)22(28)26-16-7-5-15(23)6-8-16;/h4-15H,1-3H3,(H,26,27)(H,28,30);4-14H,1-3H3,(H,24,25)(H,26,28);3-13H,1-2H3,(H,24,25)(H,26,28);1H/t15-;;;/m0.../s1. The van der Waals surface area contributed by atoms with Crippen LogP contribution >= 0.6 is 0 Å². The molecule has 6 heterocycles. The molecule has 488 valence electrons. The van der Waals surface area contributed by atoms with E-state index >= 15 is 0 Å². The molecule has 0 aliphatic rings. The molecule has 21 nitrogen and oxygen atoms in total. The van der Waals surface area contributed by atoms with E-state index in [1.165, 1.54) is 67.0 Å². The van der Waals surface area contributed by atoms with E-state index in [1.54, 1.807) is 140 Å². The molecule has 95 heavy (non-hydrogen) atoms. The molecular weight excluding hydrogens is 1280 g/mol. The third-order valence-corrected chi connectivity index (χ3v) is 21.8. The fourth-order valence-corrected chi connectivity index (χ4v) is 12.8. The van der Waals surface area contributed by atoms with Crippen LogP contribution in [0.15, 0.2) is 197 Å². The van der Waals surface area contributed by atoms with Crippen molar-refractivity contribution >= 4 is 92.1 Å². The Bertz CT molecular complexity index is 4970. The van der Waals surface area contributed by atoms with Crippen LogP contribution in [0.5, 0.6) is 0 Å². The zero-order valence-corrected chi connectivity index (χ0v) is 54.9. The van der Waals surface area contributed by atoms with E-state index < -0.39 is 74.8 Å². The van der Waals surface area contributed by atoms with Crippen LogP contribution in [0.25, 0.3) is 67.3 Å². The summed E-state index contributed by atoms with van der Waals surface area (Å²) in [4.78, 5) is 74.6. The van der Waals surface area contributed by atoms with Gasteiger partial charge in [-0.25, -0.2) is 63.9 Å². The summed E-state index contributed by atoms with van der Waals surface area (Å²) in [5.41, 5.74) is 9.70. The average Bonchev–Trinajstić information content (AvgIpc) is 1.56. The van der Waals surface area contributed by atoms with E-state index in [-0.39, 0.29) is 33.1 Å². The molecular formula is C69H66F2N12O9S3. The number of benzene rings is 6. The molecule has 0 aliphatic heterocycles. The fraction of sp³-hybridized carbons (Fsp3) is 0.174. The van der Waals surface area contributed by atoms with Crippen LogP contribution in [-0.4, -0.2) is 104 Å². The molecule has 1 atom stereocenters. The second-order valence-electron chi connectivity index (χ2n) is 22.8. The summed E-state index contributed by atoms with van der Waals surface area (Å²) in [5.74, 6) is -1.91. The zero-order valence-electron chi connectivity index (χ0n) is 52.5. The van der Waals surface area contributed by atoms with Crippen LogP contribution in [0, 0.1) is 18.6 Å². The fourth-order valence-electron chi connectivity index (χ4n) is 9.62. The Morgan fingerprint density at radius 2 is 0.758 bits per heavy atom. The first-order valence-corrected chi connectivity index (χ1v) is 34.4. The number of anilines is 2. The predicted octanol–water partition coefficient (Wildman–Crippen LogP) is 13.2. The summed E-state index contributed by atoms with van der Waals surface area (Å²) in [5, 5.41) is 6.82. The topological polar surface area (TPSA) is 314 Å². The van der Waals surface area contributed by atoms with Gasteiger partial charge in [-0.15, -0.1) is 0 Å². The maximum atomic E-state index is 14.1. The number of nitrogens with one attached hydrogen (secondary N) is 6. The number of carbonyl (C=O) groups is 3. The lowest BCUT2D eigenvalue weighted by molar-refractivity contribution is 0.0939. The van der Waals surface area contributed by atoms with Crippen LogP contribution in [0.3, 0.4) is 0 Å². The van der Waals surface area contributed by atoms with Gasteiger partial charge < -0.3 is 30.9 Å². The van der Waals surface area contributed by atoms with E-state index in [0.29, 0.717) is 89.8 Å². The number of nitrogens with zero attached hydrogens (tertiary/aromatic N) is 6. The molecule has 6 aromatic heterocycles. The van der Waals surface area contributed by atoms with E-state index in [0.717, 1.165) is 5.56 Å². The quantitative estimate of drug-likeness (QED) is 0.0524. The molecule has 0 saturated carbocycles. The van der Waals surface area contributed by atoms with Gasteiger partial charge in [-0.2, -0.15) is 0 Å². The van der Waals surface area contributed by atoms with E-state index in [4.69, 9.17) is 0 Å². The first kappa shape index (κ1) is 67.2. The normalized spacial score (nSPS) is 12.1. The second-order valence-corrected chi connectivity index (χ2v) is 30.3. The monoisotopic (exact) mass is 1340 g/mol. The summed E-state index contributed by atoms with van der Waals surface area (Å²) >= 11 is 0. The maximum Gasteiger partial charge on any atom is 0.259 e. The molecule has 0 radical (unpaired) electrons. The number of aryl methyl sites for hydroxylation is 1. The molecule has 6 N–H and O–H groups in total. The number of H-pyrrole nitrogens is 3. The Kier molecular flexibility index (Phi) is 19.7. The Labute approximate surface area is 547 Å². The van der Waals surface area contributed by atoms with Gasteiger partial charge in [0.05, 0.1) is 88.8 Å². The van der Waals surface area contributed by atoms with Gasteiger partial charge in [0, 0.05) is 53.6 Å². The zero-order chi connectivity index (χ0) is 68.1. The van der Waals surface area contributed by atoms with Gasteiger partial charge in [0.15, 0.2) is 46.5 Å². The number of fused-ring (bicyclic) bond motifs is 3. The number of halogens is 2. The minimum Gasteiger partial charge on any atom is -0.345 e. The van der Waals surface area contributed by atoms with Gasteiger partial charge in [0.1, 0.15) is 28.2 Å². The average molecular weight is 1340 g/mol. The molecule has 6 aromatic carbocycles. The van der Waals surface area contributed by atoms with Crippen molar-refractivity contribution in [3.63, 3.8) is 0 Å². The predicted molar refractivity (Wildman–Crippen MR) is 363 cm³/mol. The number of sulfone groups is 3. The molecule has 12 rings (SSSR count). The molecule has 3 amide bonds. The molecule has 12 aromatic rings. The van der Waals surface area contributed by atoms with Crippen molar-refractivity contribution in [1.29, 1.82) is 0 Å². The largest absolute Gasteiger partial charge is 0.345 e. The van der Waals surface area contributed by atoms with Gasteiger partial charge >= 0.3 is 0 Å². The van der Waals surface area contributed by atoms with Crippen molar-refractivity contribution < 1.29 is 49.8 Å². The number of hydrogen-bond donors (Lipinski definition) is 6. The lowest BCUT2D eigenvalue weighted by Crippen LogP contribution is -2.27. The molecule has 26 heteroatoms. The first-order valence-electron chi connectivity index (χ1n) is 29.7. The maximum absolute atomic E-state index is 14.1. The minimum atomic E-state index is -3.38. The summed E-state index contributed by atoms with van der Waals surface area (Å²) < 4.78 is 101. The van der Waals surface area contributed by atoms with Crippen LogP contribution in [0.2, 0.25) is 0 Å². The van der Waals surface area contributed by atoms with Crippen LogP contribution < -0.4 is 16.0 Å². The van der Waals surface area contributed by atoms with Crippen molar-refractivity contribution in [3.05, 3.63) is 222 Å².